The summed E-state index contributed by atoms with van der Waals surface area (Å²) < 4.78 is 40.1. The second-order valence-corrected chi connectivity index (χ2v) is 9.12. The Kier molecular flexibility index (Phi) is 5.94. The molecule has 1 aliphatic carbocycles. The van der Waals surface area contributed by atoms with Gasteiger partial charge in [0, 0.05) is 19.1 Å². The Balaban J connectivity index is 1.66. The van der Waals surface area contributed by atoms with Gasteiger partial charge in [-0.05, 0) is 56.7 Å². The van der Waals surface area contributed by atoms with Crippen molar-refractivity contribution >= 4 is 15.9 Å². The molecule has 1 heterocycles. The Morgan fingerprint density at radius 1 is 1.23 bits per heavy atom. The predicted octanol–water partition coefficient (Wildman–Crippen LogP) is 1.65. The molecule has 0 bridgehead atoms. The fraction of sp³-hybridized carbons (Fsp3) is 0.611. The lowest BCUT2D eigenvalue weighted by Gasteiger charge is -2.33. The number of carbonyl (C=O) groups excluding carboxylic acids is 1. The number of sulfonamides is 1. The van der Waals surface area contributed by atoms with Crippen LogP contribution in [0.15, 0.2) is 29.2 Å². The zero-order valence-corrected chi connectivity index (χ0v) is 15.4. The lowest BCUT2D eigenvalue weighted by Crippen LogP contribution is -2.48. The Hall–Kier alpha value is -1.51. The Morgan fingerprint density at radius 3 is 2.77 bits per heavy atom. The van der Waals surface area contributed by atoms with Gasteiger partial charge in [-0.15, -0.1) is 0 Å². The maximum absolute atomic E-state index is 13.4. The highest BCUT2D eigenvalue weighted by molar-refractivity contribution is 7.89. The molecule has 1 saturated heterocycles. The smallest absolute Gasteiger partial charge is 0.243 e. The zero-order chi connectivity index (χ0) is 18.7. The zero-order valence-electron chi connectivity index (χ0n) is 14.6. The van der Waals surface area contributed by atoms with E-state index >= 15 is 0 Å². The van der Waals surface area contributed by atoms with Gasteiger partial charge in [0.2, 0.25) is 15.9 Å². The van der Waals surface area contributed by atoms with Crippen molar-refractivity contribution in [2.45, 2.75) is 55.6 Å². The molecule has 1 aromatic carbocycles. The summed E-state index contributed by atoms with van der Waals surface area (Å²) in [4.78, 5) is 12.5. The van der Waals surface area contributed by atoms with Crippen LogP contribution in [0.3, 0.4) is 0 Å². The van der Waals surface area contributed by atoms with Crippen LogP contribution in [0.2, 0.25) is 0 Å². The average molecular weight is 384 g/mol. The number of nitrogens with zero attached hydrogens (tertiary/aromatic N) is 1. The van der Waals surface area contributed by atoms with E-state index in [1.54, 1.807) is 0 Å². The molecule has 2 unspecified atom stereocenters. The maximum Gasteiger partial charge on any atom is 0.243 e. The van der Waals surface area contributed by atoms with Crippen LogP contribution in [-0.4, -0.2) is 49.0 Å². The van der Waals surface area contributed by atoms with Gasteiger partial charge in [-0.3, -0.25) is 4.79 Å². The van der Waals surface area contributed by atoms with Crippen molar-refractivity contribution in [1.29, 1.82) is 0 Å². The van der Waals surface area contributed by atoms with E-state index < -0.39 is 21.8 Å². The highest BCUT2D eigenvalue weighted by atomic mass is 32.2. The molecule has 1 saturated carbocycles. The summed E-state index contributed by atoms with van der Waals surface area (Å²) in [5.74, 6) is -1.19. The first kappa shape index (κ1) is 19.3. The molecule has 8 heteroatoms. The molecule has 2 fully saturated rings. The molecule has 26 heavy (non-hydrogen) atoms. The van der Waals surface area contributed by atoms with Crippen molar-refractivity contribution in [2.24, 2.45) is 5.92 Å². The van der Waals surface area contributed by atoms with Gasteiger partial charge in [0.1, 0.15) is 5.82 Å². The molecular weight excluding hydrogens is 359 g/mol. The lowest BCUT2D eigenvalue weighted by atomic mass is 9.91. The molecular formula is C18H25FN2O4S. The van der Waals surface area contributed by atoms with E-state index in [2.05, 4.69) is 5.32 Å². The summed E-state index contributed by atoms with van der Waals surface area (Å²) >= 11 is 0. The van der Waals surface area contributed by atoms with Gasteiger partial charge in [0.15, 0.2) is 0 Å². The third-order valence-electron chi connectivity index (χ3n) is 5.18. The monoisotopic (exact) mass is 384 g/mol. The van der Waals surface area contributed by atoms with Crippen LogP contribution in [0.4, 0.5) is 4.39 Å². The molecule has 0 radical (unpaired) electrons. The SMILES string of the molecule is O=C(NC1CCCC(O)C1)[C@H]1CCCN(S(=O)(=O)c2cccc(F)c2)C1. The molecule has 2 aliphatic rings. The van der Waals surface area contributed by atoms with Crippen molar-refractivity contribution < 1.29 is 22.7 Å². The van der Waals surface area contributed by atoms with Crippen molar-refractivity contribution in [3.05, 3.63) is 30.1 Å². The number of aliphatic hydroxyl groups is 1. The third-order valence-corrected chi connectivity index (χ3v) is 7.04. The largest absolute Gasteiger partial charge is 0.393 e. The highest BCUT2D eigenvalue weighted by Gasteiger charge is 2.34. The fourth-order valence-corrected chi connectivity index (χ4v) is 5.32. The van der Waals surface area contributed by atoms with Crippen molar-refractivity contribution in [1.82, 2.24) is 9.62 Å². The van der Waals surface area contributed by atoms with Gasteiger partial charge in [0.05, 0.1) is 16.9 Å². The minimum absolute atomic E-state index is 0.0542. The molecule has 3 rings (SSSR count). The van der Waals surface area contributed by atoms with E-state index in [1.807, 2.05) is 0 Å². The van der Waals surface area contributed by atoms with Gasteiger partial charge in [-0.1, -0.05) is 6.07 Å². The fourth-order valence-electron chi connectivity index (χ4n) is 3.77. The molecule has 144 valence electrons. The summed E-state index contributed by atoms with van der Waals surface area (Å²) in [6.07, 6.45) is 3.83. The number of benzene rings is 1. The lowest BCUT2D eigenvalue weighted by molar-refractivity contribution is -0.127. The summed E-state index contributed by atoms with van der Waals surface area (Å²) in [5, 5.41) is 12.7. The average Bonchev–Trinajstić information content (AvgIpc) is 2.62. The van der Waals surface area contributed by atoms with Crippen LogP contribution in [-0.2, 0) is 14.8 Å². The normalized spacial score (nSPS) is 27.8. The molecule has 6 nitrogen and oxygen atoms in total. The molecule has 0 spiro atoms. The van der Waals surface area contributed by atoms with Gasteiger partial charge in [-0.25, -0.2) is 12.8 Å². The van der Waals surface area contributed by atoms with E-state index in [-0.39, 0.29) is 29.5 Å². The van der Waals surface area contributed by atoms with Crippen LogP contribution in [0.1, 0.15) is 38.5 Å². The molecule has 2 N–H and O–H groups in total. The molecule has 1 amide bonds. The van der Waals surface area contributed by atoms with Crippen molar-refractivity contribution in [3.63, 3.8) is 0 Å². The number of rotatable bonds is 4. The minimum atomic E-state index is -3.82. The van der Waals surface area contributed by atoms with E-state index in [0.717, 1.165) is 25.3 Å². The van der Waals surface area contributed by atoms with Crippen molar-refractivity contribution in [3.8, 4) is 0 Å². The first-order valence-corrected chi connectivity index (χ1v) is 10.5. The van der Waals surface area contributed by atoms with Gasteiger partial charge in [0.25, 0.3) is 0 Å². The van der Waals surface area contributed by atoms with Crippen LogP contribution >= 0.6 is 0 Å². The van der Waals surface area contributed by atoms with Gasteiger partial charge in [-0.2, -0.15) is 4.31 Å². The number of nitrogens with one attached hydrogen (secondary N) is 1. The number of halogens is 1. The number of piperidine rings is 1. The third kappa shape index (κ3) is 4.42. The van der Waals surface area contributed by atoms with Crippen molar-refractivity contribution in [2.75, 3.05) is 13.1 Å². The number of hydrogen-bond donors (Lipinski definition) is 2. The Morgan fingerprint density at radius 2 is 2.04 bits per heavy atom. The van der Waals surface area contributed by atoms with E-state index in [4.69, 9.17) is 0 Å². The van der Waals surface area contributed by atoms with Gasteiger partial charge >= 0.3 is 0 Å². The second-order valence-electron chi connectivity index (χ2n) is 7.19. The van der Waals surface area contributed by atoms with Crippen LogP contribution in [0.25, 0.3) is 0 Å². The van der Waals surface area contributed by atoms with E-state index in [9.17, 15) is 22.7 Å². The number of hydrogen-bond acceptors (Lipinski definition) is 4. The topological polar surface area (TPSA) is 86.7 Å². The quantitative estimate of drug-likeness (QED) is 0.826. The Bertz CT molecular complexity index is 755. The maximum atomic E-state index is 13.4. The van der Waals surface area contributed by atoms with Crippen LogP contribution in [0, 0.1) is 11.7 Å². The first-order chi connectivity index (χ1) is 12.4. The number of carbonyl (C=O) groups is 1. The number of aliphatic hydroxyl groups excluding tert-OH is 1. The van der Waals surface area contributed by atoms with E-state index in [0.29, 0.717) is 25.8 Å². The Labute approximate surface area is 153 Å². The van der Waals surface area contributed by atoms with Crippen LogP contribution < -0.4 is 5.32 Å². The summed E-state index contributed by atoms with van der Waals surface area (Å²) in [6.45, 7) is 0.421. The second kappa shape index (κ2) is 8.02. The number of amides is 1. The summed E-state index contributed by atoms with van der Waals surface area (Å²) in [7, 11) is -3.82. The molecule has 0 aromatic heterocycles. The molecule has 3 atom stereocenters. The molecule has 1 aromatic rings. The molecule has 1 aliphatic heterocycles. The van der Waals surface area contributed by atoms with Gasteiger partial charge < -0.3 is 10.4 Å². The predicted molar refractivity (Wildman–Crippen MR) is 94.3 cm³/mol. The summed E-state index contributed by atoms with van der Waals surface area (Å²) in [6, 6.07) is 4.88. The summed E-state index contributed by atoms with van der Waals surface area (Å²) in [5.41, 5.74) is 0. The minimum Gasteiger partial charge on any atom is -0.393 e. The van der Waals surface area contributed by atoms with E-state index in [1.165, 1.54) is 22.5 Å². The highest BCUT2D eigenvalue weighted by Crippen LogP contribution is 2.25. The van der Waals surface area contributed by atoms with Crippen LogP contribution in [0.5, 0.6) is 0 Å². The first-order valence-electron chi connectivity index (χ1n) is 9.10. The standard InChI is InChI=1S/C18H25FN2O4S/c19-14-5-1-8-17(10-14)26(24,25)21-9-3-4-13(12-21)18(23)20-15-6-2-7-16(22)11-15/h1,5,8,10,13,15-16,22H,2-4,6-7,9,11-12H2,(H,20,23)/t13-,15?,16?/m0/s1.